The Morgan fingerprint density at radius 2 is 2.07 bits per heavy atom. The molecule has 0 amide bonds. The summed E-state index contributed by atoms with van der Waals surface area (Å²) in [4.78, 5) is 0. The van der Waals surface area contributed by atoms with Gasteiger partial charge in [-0.1, -0.05) is 23.4 Å². The number of hydrogen-bond donors (Lipinski definition) is 0. The van der Waals surface area contributed by atoms with Gasteiger partial charge >= 0.3 is 0 Å². The first kappa shape index (κ1) is 10.5. The van der Waals surface area contributed by atoms with Crippen LogP contribution in [0.5, 0.6) is 0 Å². The van der Waals surface area contributed by atoms with Crippen LogP contribution < -0.4 is 0 Å². The highest BCUT2D eigenvalue weighted by Crippen LogP contribution is 2.21. The first-order valence-corrected chi connectivity index (χ1v) is 4.04. The molecule has 0 aromatic heterocycles. The number of hydrogen-bond acceptors (Lipinski definition) is 1. The molecule has 0 saturated carbocycles. The normalized spacial score (nSPS) is 8.71. The van der Waals surface area contributed by atoms with Crippen LogP contribution in [0.2, 0.25) is 5.02 Å². The van der Waals surface area contributed by atoms with Crippen LogP contribution >= 0.6 is 11.6 Å². The molecule has 4 heteroatoms. The molecule has 0 saturated heterocycles. The zero-order valence-corrected chi connectivity index (χ0v) is 7.70. The van der Waals surface area contributed by atoms with Gasteiger partial charge in [0.2, 0.25) is 0 Å². The van der Waals surface area contributed by atoms with Crippen LogP contribution in [0, 0.1) is 34.8 Å². The van der Waals surface area contributed by atoms with E-state index < -0.39 is 16.7 Å². The summed E-state index contributed by atoms with van der Waals surface area (Å²) in [6.07, 6.45) is -0.00552. The van der Waals surface area contributed by atoms with Gasteiger partial charge in [-0.2, -0.15) is 5.26 Å². The third-order valence-corrected chi connectivity index (χ3v) is 1.77. The molecule has 70 valence electrons. The van der Waals surface area contributed by atoms with Gasteiger partial charge in [0.25, 0.3) is 0 Å². The van der Waals surface area contributed by atoms with Gasteiger partial charge in [0.05, 0.1) is 18.1 Å². The predicted octanol–water partition coefficient (Wildman–Crippen LogP) is 2.88. The van der Waals surface area contributed by atoms with E-state index >= 15 is 0 Å². The third-order valence-electron chi connectivity index (χ3n) is 1.43. The van der Waals surface area contributed by atoms with Crippen LogP contribution in [0.3, 0.4) is 0 Å². The lowest BCUT2D eigenvalue weighted by molar-refractivity contribution is 0.582. The maximum atomic E-state index is 13.1. The molecule has 0 spiro atoms. The van der Waals surface area contributed by atoms with Crippen molar-refractivity contribution < 1.29 is 8.78 Å². The van der Waals surface area contributed by atoms with E-state index in [-0.39, 0.29) is 12.0 Å². The average molecular weight is 212 g/mol. The van der Waals surface area contributed by atoms with E-state index in [9.17, 15) is 8.78 Å². The number of rotatable bonds is 0. The molecule has 14 heavy (non-hydrogen) atoms. The highest BCUT2D eigenvalue weighted by molar-refractivity contribution is 6.31. The van der Waals surface area contributed by atoms with Gasteiger partial charge < -0.3 is 0 Å². The Bertz CT molecular complexity index is 452. The van der Waals surface area contributed by atoms with Gasteiger partial charge in [0.15, 0.2) is 5.82 Å². The van der Waals surface area contributed by atoms with E-state index in [0.717, 1.165) is 6.07 Å². The van der Waals surface area contributed by atoms with Crippen LogP contribution in [0.15, 0.2) is 12.1 Å². The highest BCUT2D eigenvalue weighted by Gasteiger charge is 2.09. The van der Waals surface area contributed by atoms with Crippen molar-refractivity contribution in [1.29, 1.82) is 5.26 Å². The lowest BCUT2D eigenvalue weighted by atomic mass is 10.2. The SMILES string of the molecule is N#CCC#Cc1ccc(F)c(Cl)c1F. The molecule has 1 aromatic rings. The first-order valence-electron chi connectivity index (χ1n) is 3.66. The van der Waals surface area contributed by atoms with Gasteiger partial charge in [-0.05, 0) is 12.1 Å². The van der Waals surface area contributed by atoms with Crippen LogP contribution in [0.4, 0.5) is 8.78 Å². The van der Waals surface area contributed by atoms with Crippen molar-refractivity contribution in [2.75, 3.05) is 0 Å². The average Bonchev–Trinajstić information content (AvgIpc) is 2.18. The molecule has 0 atom stereocenters. The summed E-state index contributed by atoms with van der Waals surface area (Å²) in [6, 6.07) is 3.99. The summed E-state index contributed by atoms with van der Waals surface area (Å²) < 4.78 is 25.8. The topological polar surface area (TPSA) is 23.8 Å². The van der Waals surface area contributed by atoms with Gasteiger partial charge in [0.1, 0.15) is 10.8 Å². The van der Waals surface area contributed by atoms with Gasteiger partial charge in [-0.15, -0.1) is 0 Å². The number of benzene rings is 1. The fourth-order valence-electron chi connectivity index (χ4n) is 0.801. The van der Waals surface area contributed by atoms with Crippen molar-refractivity contribution in [3.63, 3.8) is 0 Å². The molecule has 0 heterocycles. The molecule has 0 aliphatic rings. The standard InChI is InChI=1S/C10H4ClF2N/c11-9-8(12)5-4-7(10(9)13)3-1-2-6-14/h4-5H,2H2. The van der Waals surface area contributed by atoms with E-state index in [0.29, 0.717) is 0 Å². The van der Waals surface area contributed by atoms with E-state index in [1.165, 1.54) is 6.07 Å². The summed E-state index contributed by atoms with van der Waals surface area (Å²) in [5, 5.41) is 7.60. The largest absolute Gasteiger partial charge is 0.205 e. The summed E-state index contributed by atoms with van der Waals surface area (Å²) in [7, 11) is 0. The van der Waals surface area contributed by atoms with Crippen LogP contribution in [0.1, 0.15) is 12.0 Å². The Morgan fingerprint density at radius 3 is 2.71 bits per heavy atom. The molecule has 0 aliphatic carbocycles. The Hall–Kier alpha value is -1.58. The maximum Gasteiger partial charge on any atom is 0.160 e. The van der Waals surface area contributed by atoms with Crippen LogP contribution in [-0.2, 0) is 0 Å². The Balaban J connectivity index is 3.09. The first-order chi connectivity index (χ1) is 6.66. The fraction of sp³-hybridized carbons (Fsp3) is 0.100. The molecule has 0 bridgehead atoms. The second-order valence-corrected chi connectivity index (χ2v) is 2.74. The van der Waals surface area contributed by atoms with Crippen LogP contribution in [0.25, 0.3) is 0 Å². The Kier molecular flexibility index (Phi) is 3.45. The Morgan fingerprint density at radius 1 is 1.36 bits per heavy atom. The summed E-state index contributed by atoms with van der Waals surface area (Å²) in [5.74, 6) is 3.07. The zero-order valence-electron chi connectivity index (χ0n) is 6.94. The molecule has 0 fully saturated rings. The van der Waals surface area contributed by atoms with Gasteiger partial charge in [-0.3, -0.25) is 0 Å². The van der Waals surface area contributed by atoms with Gasteiger partial charge in [0, 0.05) is 0 Å². The van der Waals surface area contributed by atoms with Crippen molar-refractivity contribution in [3.8, 4) is 17.9 Å². The van der Waals surface area contributed by atoms with Crippen molar-refractivity contribution >= 4 is 11.6 Å². The minimum absolute atomic E-state index is 0.00552. The lowest BCUT2D eigenvalue weighted by Gasteiger charge is -1.97. The zero-order chi connectivity index (χ0) is 10.6. The van der Waals surface area contributed by atoms with Crippen molar-refractivity contribution in [3.05, 3.63) is 34.4 Å². The predicted molar refractivity (Wildman–Crippen MR) is 48.5 cm³/mol. The minimum atomic E-state index is -0.892. The molecular formula is C10H4ClF2N. The molecule has 1 aromatic carbocycles. The van der Waals surface area contributed by atoms with E-state index in [1.807, 2.05) is 0 Å². The second-order valence-electron chi connectivity index (χ2n) is 2.36. The van der Waals surface area contributed by atoms with Crippen molar-refractivity contribution in [1.82, 2.24) is 0 Å². The van der Waals surface area contributed by atoms with Crippen molar-refractivity contribution in [2.45, 2.75) is 6.42 Å². The number of nitriles is 1. The fourth-order valence-corrected chi connectivity index (χ4v) is 0.966. The highest BCUT2D eigenvalue weighted by atomic mass is 35.5. The smallest absolute Gasteiger partial charge is 0.160 e. The summed E-state index contributed by atoms with van der Waals surface area (Å²) in [6.45, 7) is 0. The molecule has 1 rings (SSSR count). The van der Waals surface area contributed by atoms with E-state index in [2.05, 4.69) is 11.8 Å². The molecule has 0 aliphatic heterocycles. The van der Waals surface area contributed by atoms with Crippen LogP contribution in [-0.4, -0.2) is 0 Å². The number of halogens is 3. The molecule has 0 N–H and O–H groups in total. The third kappa shape index (κ3) is 2.22. The van der Waals surface area contributed by atoms with Crippen molar-refractivity contribution in [2.24, 2.45) is 0 Å². The minimum Gasteiger partial charge on any atom is -0.205 e. The Labute approximate surface area is 84.9 Å². The monoisotopic (exact) mass is 211 g/mol. The van der Waals surface area contributed by atoms with E-state index in [4.69, 9.17) is 16.9 Å². The number of nitrogens with zero attached hydrogens (tertiary/aromatic N) is 1. The van der Waals surface area contributed by atoms with E-state index in [1.54, 1.807) is 6.07 Å². The molecule has 0 unspecified atom stereocenters. The van der Waals surface area contributed by atoms with Gasteiger partial charge in [-0.25, -0.2) is 8.78 Å². The quantitative estimate of drug-likeness (QED) is 0.478. The lowest BCUT2D eigenvalue weighted by Crippen LogP contribution is -1.88. The molecule has 0 radical (unpaired) electrons. The summed E-state index contributed by atoms with van der Waals surface area (Å²) >= 11 is 5.31. The maximum absolute atomic E-state index is 13.1. The summed E-state index contributed by atoms with van der Waals surface area (Å²) in [5.41, 5.74) is -0.00773. The molecule has 1 nitrogen and oxygen atoms in total. The molecular weight excluding hydrogens is 208 g/mol. The second kappa shape index (κ2) is 4.60.